The summed E-state index contributed by atoms with van der Waals surface area (Å²) in [6, 6.07) is -1.82. The number of amides is 3. The quantitative estimate of drug-likeness (QED) is 0.410. The SMILES string of the molecule is COC(=O)CN1CCN2CC(=O)NC(=O)[C@H]2[C@H]1C(N)=O. The van der Waals surface area contributed by atoms with Gasteiger partial charge in [0, 0.05) is 13.1 Å². The lowest BCUT2D eigenvalue weighted by molar-refractivity contribution is -0.154. The van der Waals surface area contributed by atoms with Crippen LogP contribution in [0.5, 0.6) is 0 Å². The second-order valence-corrected chi connectivity index (χ2v) is 4.72. The van der Waals surface area contributed by atoms with Crippen LogP contribution in [0.15, 0.2) is 0 Å². The van der Waals surface area contributed by atoms with Crippen molar-refractivity contribution in [3.05, 3.63) is 0 Å². The van der Waals surface area contributed by atoms with Crippen molar-refractivity contribution >= 4 is 23.7 Å². The number of nitrogens with one attached hydrogen (secondary N) is 1. The lowest BCUT2D eigenvalue weighted by Gasteiger charge is -2.46. The molecule has 0 bridgehead atoms. The molecule has 0 saturated carbocycles. The fraction of sp³-hybridized carbons (Fsp3) is 0.636. The van der Waals surface area contributed by atoms with Crippen LogP contribution < -0.4 is 11.1 Å². The Labute approximate surface area is 115 Å². The van der Waals surface area contributed by atoms with Gasteiger partial charge in [0.1, 0.15) is 12.1 Å². The van der Waals surface area contributed by atoms with Crippen LogP contribution in [0.25, 0.3) is 0 Å². The molecular weight excluding hydrogens is 268 g/mol. The molecule has 2 atom stereocenters. The Morgan fingerprint density at radius 2 is 2.10 bits per heavy atom. The number of hydrogen-bond donors (Lipinski definition) is 2. The van der Waals surface area contributed by atoms with E-state index in [0.29, 0.717) is 13.1 Å². The highest BCUT2D eigenvalue weighted by molar-refractivity contribution is 6.04. The second kappa shape index (κ2) is 5.55. The molecule has 3 amide bonds. The summed E-state index contributed by atoms with van der Waals surface area (Å²) in [5.74, 6) is -2.21. The number of carbonyl (C=O) groups excluding carboxylic acids is 4. The van der Waals surface area contributed by atoms with E-state index in [4.69, 9.17) is 5.73 Å². The van der Waals surface area contributed by atoms with Crippen LogP contribution in [0, 0.1) is 0 Å². The number of hydrogen-bond acceptors (Lipinski definition) is 7. The van der Waals surface area contributed by atoms with Gasteiger partial charge in [0.25, 0.3) is 0 Å². The van der Waals surface area contributed by atoms with Crippen molar-refractivity contribution in [3.63, 3.8) is 0 Å². The standard InChI is InChI=1S/C11H16N4O5/c1-20-7(17)5-15-3-2-14-4-6(16)13-11(19)9(14)8(15)10(12)18/h8-9H,2-5H2,1H3,(H2,12,18)(H,13,16,19)/t8-,9+/m0/s1. The molecule has 110 valence electrons. The highest BCUT2D eigenvalue weighted by atomic mass is 16.5. The van der Waals surface area contributed by atoms with Gasteiger partial charge in [-0.25, -0.2) is 0 Å². The molecule has 0 aromatic carbocycles. The molecule has 9 heteroatoms. The molecule has 2 saturated heterocycles. The first-order valence-corrected chi connectivity index (χ1v) is 6.12. The molecule has 9 nitrogen and oxygen atoms in total. The highest BCUT2D eigenvalue weighted by Gasteiger charge is 2.47. The summed E-state index contributed by atoms with van der Waals surface area (Å²) >= 11 is 0. The molecule has 0 aromatic rings. The van der Waals surface area contributed by atoms with E-state index in [2.05, 4.69) is 10.1 Å². The summed E-state index contributed by atoms with van der Waals surface area (Å²) < 4.78 is 4.56. The molecule has 3 N–H and O–H groups in total. The minimum atomic E-state index is -0.962. The average Bonchev–Trinajstić information content (AvgIpc) is 2.38. The van der Waals surface area contributed by atoms with E-state index in [0.717, 1.165) is 0 Å². The Bertz CT molecular complexity index is 466. The maximum absolute atomic E-state index is 11.9. The number of fused-ring (bicyclic) bond motifs is 1. The fourth-order valence-electron chi connectivity index (χ4n) is 2.60. The number of rotatable bonds is 3. The van der Waals surface area contributed by atoms with Crippen molar-refractivity contribution < 1.29 is 23.9 Å². The van der Waals surface area contributed by atoms with Gasteiger partial charge in [0.15, 0.2) is 0 Å². The van der Waals surface area contributed by atoms with Gasteiger partial charge in [-0.2, -0.15) is 0 Å². The molecule has 0 aliphatic carbocycles. The van der Waals surface area contributed by atoms with Crippen LogP contribution in [0.1, 0.15) is 0 Å². The van der Waals surface area contributed by atoms with Gasteiger partial charge in [0.05, 0.1) is 20.2 Å². The van der Waals surface area contributed by atoms with Crippen LogP contribution >= 0.6 is 0 Å². The summed E-state index contributed by atoms with van der Waals surface area (Å²) in [5.41, 5.74) is 5.35. The van der Waals surface area contributed by atoms with Crippen LogP contribution in [0.4, 0.5) is 0 Å². The van der Waals surface area contributed by atoms with E-state index < -0.39 is 35.8 Å². The number of primary amides is 1. The first-order chi connectivity index (χ1) is 9.43. The van der Waals surface area contributed by atoms with Crippen molar-refractivity contribution in [2.45, 2.75) is 12.1 Å². The van der Waals surface area contributed by atoms with E-state index in [1.165, 1.54) is 12.0 Å². The molecule has 0 radical (unpaired) electrons. The molecule has 0 aromatic heterocycles. The molecule has 2 fully saturated rings. The molecule has 0 spiro atoms. The van der Waals surface area contributed by atoms with Crippen molar-refractivity contribution in [1.29, 1.82) is 0 Å². The number of nitrogens with two attached hydrogens (primary N) is 1. The predicted octanol–water partition coefficient (Wildman–Crippen LogP) is -3.34. The average molecular weight is 284 g/mol. The Morgan fingerprint density at radius 1 is 1.40 bits per heavy atom. The number of esters is 1. The van der Waals surface area contributed by atoms with E-state index in [-0.39, 0.29) is 13.1 Å². The molecule has 2 aliphatic rings. The van der Waals surface area contributed by atoms with E-state index in [9.17, 15) is 19.2 Å². The largest absolute Gasteiger partial charge is 0.468 e. The zero-order chi connectivity index (χ0) is 14.9. The molecule has 2 rings (SSSR count). The third-order valence-electron chi connectivity index (χ3n) is 3.49. The van der Waals surface area contributed by atoms with Crippen LogP contribution in [-0.4, -0.2) is 78.9 Å². The summed E-state index contributed by atoms with van der Waals surface area (Å²) in [6.45, 7) is 0.645. The number of piperazine rings is 2. The smallest absolute Gasteiger partial charge is 0.319 e. The van der Waals surface area contributed by atoms with Crippen LogP contribution in [0.3, 0.4) is 0 Å². The Hall–Kier alpha value is -2.00. The lowest BCUT2D eigenvalue weighted by Crippen LogP contribution is -2.72. The lowest BCUT2D eigenvalue weighted by atomic mass is 9.97. The van der Waals surface area contributed by atoms with Gasteiger partial charge in [-0.05, 0) is 0 Å². The van der Waals surface area contributed by atoms with Crippen molar-refractivity contribution in [1.82, 2.24) is 15.1 Å². The first-order valence-electron chi connectivity index (χ1n) is 6.12. The Kier molecular flexibility index (Phi) is 4.00. The monoisotopic (exact) mass is 284 g/mol. The number of imide groups is 1. The highest BCUT2D eigenvalue weighted by Crippen LogP contribution is 2.19. The zero-order valence-electron chi connectivity index (χ0n) is 11.0. The Morgan fingerprint density at radius 3 is 2.70 bits per heavy atom. The number of ether oxygens (including phenoxy) is 1. The van der Waals surface area contributed by atoms with E-state index in [1.54, 1.807) is 4.90 Å². The minimum absolute atomic E-state index is 0.0340. The maximum Gasteiger partial charge on any atom is 0.319 e. The predicted molar refractivity (Wildman–Crippen MR) is 65.1 cm³/mol. The zero-order valence-corrected chi connectivity index (χ0v) is 11.0. The third-order valence-corrected chi connectivity index (χ3v) is 3.49. The topological polar surface area (TPSA) is 122 Å². The number of carbonyl (C=O) groups is 4. The first kappa shape index (κ1) is 14.4. The van der Waals surface area contributed by atoms with Crippen LogP contribution in [-0.2, 0) is 23.9 Å². The number of nitrogens with zero attached hydrogens (tertiary/aromatic N) is 2. The molecule has 2 heterocycles. The summed E-state index contributed by atoms with van der Waals surface area (Å²) in [5, 5.41) is 2.18. The normalized spacial score (nSPS) is 27.6. The van der Waals surface area contributed by atoms with Crippen LogP contribution in [0.2, 0.25) is 0 Å². The maximum atomic E-state index is 11.9. The van der Waals surface area contributed by atoms with E-state index >= 15 is 0 Å². The molecule has 0 unspecified atom stereocenters. The summed E-state index contributed by atoms with van der Waals surface area (Å²) in [6.07, 6.45) is 0. The molecular formula is C11H16N4O5. The summed E-state index contributed by atoms with van der Waals surface area (Å²) in [4.78, 5) is 49.4. The van der Waals surface area contributed by atoms with Crippen molar-refractivity contribution in [2.75, 3.05) is 33.3 Å². The third kappa shape index (κ3) is 2.63. The van der Waals surface area contributed by atoms with Gasteiger partial charge < -0.3 is 10.5 Å². The van der Waals surface area contributed by atoms with Gasteiger partial charge in [-0.3, -0.25) is 34.3 Å². The van der Waals surface area contributed by atoms with Gasteiger partial charge >= 0.3 is 5.97 Å². The van der Waals surface area contributed by atoms with Gasteiger partial charge in [0.2, 0.25) is 17.7 Å². The minimum Gasteiger partial charge on any atom is -0.468 e. The van der Waals surface area contributed by atoms with Gasteiger partial charge in [-0.1, -0.05) is 0 Å². The number of methoxy groups -OCH3 is 1. The second-order valence-electron chi connectivity index (χ2n) is 4.72. The Balaban J connectivity index is 2.23. The van der Waals surface area contributed by atoms with Crippen molar-refractivity contribution in [2.24, 2.45) is 5.73 Å². The molecule has 20 heavy (non-hydrogen) atoms. The van der Waals surface area contributed by atoms with Gasteiger partial charge in [-0.15, -0.1) is 0 Å². The summed E-state index contributed by atoms with van der Waals surface area (Å²) in [7, 11) is 1.24. The molecule has 2 aliphatic heterocycles. The van der Waals surface area contributed by atoms with E-state index in [1.807, 2.05) is 0 Å². The fourth-order valence-corrected chi connectivity index (χ4v) is 2.60. The van der Waals surface area contributed by atoms with Crippen molar-refractivity contribution in [3.8, 4) is 0 Å².